The van der Waals surface area contributed by atoms with E-state index in [2.05, 4.69) is 22.7 Å². The highest BCUT2D eigenvalue weighted by Gasteiger charge is 2.31. The van der Waals surface area contributed by atoms with Gasteiger partial charge in [-0.2, -0.15) is 4.72 Å². The first-order chi connectivity index (χ1) is 9.47. The van der Waals surface area contributed by atoms with Gasteiger partial charge in [0, 0.05) is 4.90 Å². The normalized spacial score (nSPS) is 21.7. The molecule has 2 aromatic carbocycles. The fourth-order valence-corrected chi connectivity index (χ4v) is 3.90. The quantitative estimate of drug-likeness (QED) is 0.504. The van der Waals surface area contributed by atoms with E-state index in [9.17, 15) is 9.11 Å². The molecular formula is C13H13ClN2O2S2. The van der Waals surface area contributed by atoms with E-state index in [0.29, 0.717) is 20.5 Å². The monoisotopic (exact) mass is 328 g/mol. The van der Waals surface area contributed by atoms with Crippen LogP contribution in [0.2, 0.25) is 5.02 Å². The number of benzene rings is 2. The van der Waals surface area contributed by atoms with Gasteiger partial charge >= 0.3 is 0 Å². The van der Waals surface area contributed by atoms with Gasteiger partial charge in [0.25, 0.3) is 0 Å². The predicted molar refractivity (Wildman–Crippen MR) is 85.8 cm³/mol. The van der Waals surface area contributed by atoms with Crippen LogP contribution in [-0.4, -0.2) is 9.11 Å². The Morgan fingerprint density at radius 1 is 1.15 bits per heavy atom. The molecule has 106 valence electrons. The maximum atomic E-state index is 10.3. The van der Waals surface area contributed by atoms with E-state index in [1.807, 2.05) is 30.3 Å². The summed E-state index contributed by atoms with van der Waals surface area (Å²) in [5.41, 5.74) is 1.50. The van der Waals surface area contributed by atoms with Gasteiger partial charge in [-0.15, -0.1) is 23.4 Å². The third-order valence-electron chi connectivity index (χ3n) is 3.07. The molecule has 0 fully saturated rings. The smallest absolute Gasteiger partial charge is 0.121 e. The lowest BCUT2D eigenvalue weighted by molar-refractivity contribution is 0.454. The second-order valence-corrected chi connectivity index (χ2v) is 7.12. The third-order valence-corrected chi connectivity index (χ3v) is 5.40. The van der Waals surface area contributed by atoms with Crippen molar-refractivity contribution >= 4 is 40.7 Å². The van der Waals surface area contributed by atoms with Crippen LogP contribution in [0.5, 0.6) is 0 Å². The van der Waals surface area contributed by atoms with E-state index in [0.717, 1.165) is 5.56 Å². The fourth-order valence-electron chi connectivity index (χ4n) is 2.10. The number of fused-ring (bicyclic) bond motifs is 1. The molecule has 20 heavy (non-hydrogen) atoms. The van der Waals surface area contributed by atoms with E-state index in [1.54, 1.807) is 12.1 Å². The van der Waals surface area contributed by atoms with Gasteiger partial charge < -0.3 is 5.32 Å². The van der Waals surface area contributed by atoms with Crippen LogP contribution in [-0.2, 0) is 0 Å². The molecule has 0 amide bonds. The number of anilines is 1. The van der Waals surface area contributed by atoms with Crippen molar-refractivity contribution < 1.29 is 9.11 Å². The molecule has 1 unspecified atom stereocenters. The largest absolute Gasteiger partial charge is 0.363 e. The Labute approximate surface area is 129 Å². The number of rotatable bonds is 1. The van der Waals surface area contributed by atoms with E-state index in [-0.39, 0.29) is 0 Å². The molecule has 7 heteroatoms. The van der Waals surface area contributed by atoms with E-state index < -0.39 is 16.9 Å². The molecule has 0 spiro atoms. The second-order valence-electron chi connectivity index (χ2n) is 4.45. The minimum absolute atomic E-state index is 0.374. The number of thiol groups is 1. The highest BCUT2D eigenvalue weighted by Crippen LogP contribution is 2.54. The average Bonchev–Trinajstić information content (AvgIpc) is 2.41. The topological polar surface area (TPSA) is 64.5 Å². The van der Waals surface area contributed by atoms with Crippen LogP contribution in [0.25, 0.3) is 0 Å². The molecule has 1 atom stereocenters. The molecule has 3 rings (SSSR count). The van der Waals surface area contributed by atoms with Crippen LogP contribution < -0.4 is 10.0 Å². The van der Waals surface area contributed by atoms with Gasteiger partial charge in [0.05, 0.1) is 15.6 Å². The Balaban J connectivity index is 2.05. The highest BCUT2D eigenvalue weighted by atomic mass is 35.5. The molecule has 0 bridgehead atoms. The molecule has 0 aliphatic carbocycles. The second kappa shape index (κ2) is 5.14. The zero-order valence-corrected chi connectivity index (χ0v) is 12.7. The van der Waals surface area contributed by atoms with Gasteiger partial charge in [-0.3, -0.25) is 9.11 Å². The number of halogens is 1. The summed E-state index contributed by atoms with van der Waals surface area (Å²) < 4.78 is 23.4. The summed E-state index contributed by atoms with van der Waals surface area (Å²) in [4.78, 5) is 0.881. The van der Waals surface area contributed by atoms with Gasteiger partial charge in [0.1, 0.15) is 6.17 Å². The molecule has 0 aromatic heterocycles. The summed E-state index contributed by atoms with van der Waals surface area (Å²) in [6, 6.07) is 12.7. The lowest BCUT2D eigenvalue weighted by Crippen LogP contribution is -2.35. The van der Waals surface area contributed by atoms with Crippen molar-refractivity contribution in [1.82, 2.24) is 4.72 Å². The first kappa shape index (κ1) is 14.1. The van der Waals surface area contributed by atoms with Crippen LogP contribution in [0.3, 0.4) is 0 Å². The zero-order chi connectivity index (χ0) is 14.3. The Morgan fingerprint density at radius 3 is 2.55 bits per heavy atom. The minimum atomic E-state index is -3.10. The lowest BCUT2D eigenvalue weighted by atomic mass is 10.1. The summed E-state index contributed by atoms with van der Waals surface area (Å²) in [6.45, 7) is 0. The Hall–Kier alpha value is -0.890. The van der Waals surface area contributed by atoms with Crippen molar-refractivity contribution in [3.8, 4) is 0 Å². The predicted octanol–water partition coefficient (Wildman–Crippen LogP) is 4.37. The van der Waals surface area contributed by atoms with Crippen LogP contribution in [0.1, 0.15) is 11.7 Å². The summed E-state index contributed by atoms with van der Waals surface area (Å²) >= 11 is 10.2. The van der Waals surface area contributed by atoms with Gasteiger partial charge in [-0.25, -0.2) is 0 Å². The SMILES string of the molecule is OS1(O)NC(c2ccccc2)Nc2cc(Cl)c(S)cc21. The van der Waals surface area contributed by atoms with Crippen molar-refractivity contribution in [1.29, 1.82) is 0 Å². The lowest BCUT2D eigenvalue weighted by Gasteiger charge is -2.43. The molecule has 0 saturated heterocycles. The molecule has 1 aliphatic heterocycles. The summed E-state index contributed by atoms with van der Waals surface area (Å²) in [5.74, 6) is 0. The van der Waals surface area contributed by atoms with Crippen molar-refractivity contribution in [3.63, 3.8) is 0 Å². The summed E-state index contributed by atoms with van der Waals surface area (Å²) in [5, 5.41) is 3.67. The zero-order valence-electron chi connectivity index (χ0n) is 10.2. The highest BCUT2D eigenvalue weighted by molar-refractivity contribution is 8.22. The Kier molecular flexibility index (Phi) is 3.62. The van der Waals surface area contributed by atoms with Crippen molar-refractivity contribution in [3.05, 3.63) is 53.1 Å². The minimum Gasteiger partial charge on any atom is -0.363 e. The van der Waals surface area contributed by atoms with Crippen molar-refractivity contribution in [2.45, 2.75) is 16.0 Å². The number of nitrogens with one attached hydrogen (secondary N) is 2. The van der Waals surface area contributed by atoms with E-state index in [1.165, 1.54) is 0 Å². The van der Waals surface area contributed by atoms with Gasteiger partial charge in [0.15, 0.2) is 0 Å². The molecule has 1 aliphatic rings. The van der Waals surface area contributed by atoms with Gasteiger partial charge in [-0.05, 0) is 17.7 Å². The molecule has 0 saturated carbocycles. The maximum Gasteiger partial charge on any atom is 0.121 e. The van der Waals surface area contributed by atoms with Crippen LogP contribution in [0, 0.1) is 0 Å². The molecule has 2 aromatic rings. The summed E-state index contributed by atoms with van der Waals surface area (Å²) in [7, 11) is -3.10. The van der Waals surface area contributed by atoms with Crippen molar-refractivity contribution in [2.24, 2.45) is 0 Å². The Bertz CT molecular complexity index is 652. The molecule has 4 N–H and O–H groups in total. The first-order valence-electron chi connectivity index (χ1n) is 5.87. The van der Waals surface area contributed by atoms with Crippen LogP contribution in [0.4, 0.5) is 5.69 Å². The van der Waals surface area contributed by atoms with Crippen LogP contribution in [0.15, 0.2) is 52.3 Å². The fraction of sp³-hybridized carbons (Fsp3) is 0.0769. The maximum absolute atomic E-state index is 10.3. The average molecular weight is 329 g/mol. The molecule has 0 radical (unpaired) electrons. The van der Waals surface area contributed by atoms with E-state index >= 15 is 0 Å². The van der Waals surface area contributed by atoms with Crippen molar-refractivity contribution in [2.75, 3.05) is 5.32 Å². The standard InChI is InChI=1S/C13H13ClN2O2S2/c14-9-6-10-12(7-11(9)19)20(17,18)16-13(15-10)8-4-2-1-3-5-8/h1-7,13,15-19H. The number of hydrogen-bond donors (Lipinski definition) is 5. The molecule has 1 heterocycles. The molecule has 4 nitrogen and oxygen atoms in total. The van der Waals surface area contributed by atoms with Gasteiger partial charge in [-0.1, -0.05) is 41.9 Å². The van der Waals surface area contributed by atoms with Crippen LogP contribution >= 0.6 is 35.0 Å². The first-order valence-corrected chi connectivity index (χ1v) is 8.24. The Morgan fingerprint density at radius 2 is 1.85 bits per heavy atom. The third kappa shape index (κ3) is 2.50. The van der Waals surface area contributed by atoms with E-state index in [4.69, 9.17) is 11.6 Å². The van der Waals surface area contributed by atoms with Gasteiger partial charge in [0.2, 0.25) is 0 Å². The number of hydrogen-bond acceptors (Lipinski definition) is 5. The molecular weight excluding hydrogens is 316 g/mol. The summed E-state index contributed by atoms with van der Waals surface area (Å²) in [6.07, 6.45) is -0.393.